The van der Waals surface area contributed by atoms with Gasteiger partial charge in [-0.25, -0.2) is 4.39 Å². The minimum Gasteiger partial charge on any atom is -0.302 e. The number of nitro groups is 1. The molecule has 34 heavy (non-hydrogen) atoms. The number of nitrogens with zero attached hydrogens (tertiary/aromatic N) is 3. The molecule has 0 N–H and O–H groups in total. The fourth-order valence-electron chi connectivity index (χ4n) is 3.61. The Balaban J connectivity index is 1.74. The lowest BCUT2D eigenvalue weighted by Crippen LogP contribution is -2.36. The zero-order chi connectivity index (χ0) is 24.4. The number of benzene rings is 3. The van der Waals surface area contributed by atoms with Gasteiger partial charge in [0.1, 0.15) is 24.5 Å². The van der Waals surface area contributed by atoms with Gasteiger partial charge < -0.3 is 4.90 Å². The number of nitro benzene ring substituents is 1. The molecule has 1 heterocycles. The van der Waals surface area contributed by atoms with Gasteiger partial charge in [0.05, 0.1) is 4.92 Å². The van der Waals surface area contributed by atoms with E-state index in [1.54, 1.807) is 48.5 Å². The maximum Gasteiger partial charge on any atom is 0.305 e. The van der Waals surface area contributed by atoms with Crippen molar-refractivity contribution in [1.29, 1.82) is 0 Å². The van der Waals surface area contributed by atoms with Crippen molar-refractivity contribution >= 4 is 33.4 Å². The molecule has 4 rings (SSSR count). The lowest BCUT2D eigenvalue weighted by molar-refractivity contribution is -0.387. The summed E-state index contributed by atoms with van der Waals surface area (Å²) in [4.78, 5) is 42.8. The number of carbonyl (C=O) groups excluding carboxylic acids is 2. The monoisotopic (exact) mass is 531 g/mol. The molecule has 1 aliphatic rings. The molecule has 174 valence electrons. The summed E-state index contributed by atoms with van der Waals surface area (Å²) in [5.74, 6) is -4.74. The van der Waals surface area contributed by atoms with Crippen molar-refractivity contribution in [1.82, 2.24) is 9.96 Å². The Hall–Kier alpha value is -3.70. The Labute approximate surface area is 200 Å². The van der Waals surface area contributed by atoms with Crippen molar-refractivity contribution in [2.24, 2.45) is 0 Å². The van der Waals surface area contributed by atoms with Crippen molar-refractivity contribution in [3.63, 3.8) is 0 Å². The zero-order valence-corrected chi connectivity index (χ0v) is 18.9. The van der Waals surface area contributed by atoms with E-state index in [9.17, 15) is 28.5 Å². The summed E-state index contributed by atoms with van der Waals surface area (Å²) >= 11 is 3.33. The second-order valence-electron chi connectivity index (χ2n) is 7.35. The van der Waals surface area contributed by atoms with Crippen molar-refractivity contribution in [3.05, 3.63) is 110 Å². The topological polar surface area (TPSA) is 93.0 Å². The number of rotatable bonds is 6. The number of halogens is 3. The molecule has 1 unspecified atom stereocenters. The molecule has 3 aromatic carbocycles. The highest BCUT2D eigenvalue weighted by molar-refractivity contribution is 9.10. The molecule has 0 bridgehead atoms. The molecule has 1 aliphatic heterocycles. The van der Waals surface area contributed by atoms with Crippen molar-refractivity contribution in [2.45, 2.75) is 12.8 Å². The number of hydroxylamine groups is 2. The van der Waals surface area contributed by atoms with E-state index in [-0.39, 0.29) is 6.61 Å². The number of hydrogen-bond donors (Lipinski definition) is 0. The Bertz CT molecular complexity index is 1270. The van der Waals surface area contributed by atoms with Crippen LogP contribution in [0.3, 0.4) is 0 Å². The lowest BCUT2D eigenvalue weighted by atomic mass is 10.1. The standard InChI is InChI=1S/C23H16BrF2N3O5/c24-16-8-4-7-15(11-16)22-27(12-19(30)28(22)34-13-14-5-2-1-3-6-14)23(31)20-17(25)9-10-18(21(20)26)29(32)33/h1-11,22H,12-13H2. The highest BCUT2D eigenvalue weighted by atomic mass is 79.9. The fourth-order valence-corrected chi connectivity index (χ4v) is 4.03. The molecule has 1 atom stereocenters. The van der Waals surface area contributed by atoms with Gasteiger partial charge in [-0.3, -0.25) is 24.5 Å². The van der Waals surface area contributed by atoms with Crippen LogP contribution in [0.2, 0.25) is 0 Å². The first-order chi connectivity index (χ1) is 16.3. The van der Waals surface area contributed by atoms with Crippen LogP contribution < -0.4 is 0 Å². The lowest BCUT2D eigenvalue weighted by Gasteiger charge is -2.29. The Morgan fingerprint density at radius 3 is 2.53 bits per heavy atom. The second-order valence-corrected chi connectivity index (χ2v) is 8.27. The van der Waals surface area contributed by atoms with Crippen LogP contribution in [0.1, 0.15) is 27.7 Å². The maximum absolute atomic E-state index is 14.8. The first kappa shape index (κ1) is 23.5. The van der Waals surface area contributed by atoms with E-state index >= 15 is 0 Å². The summed E-state index contributed by atoms with van der Waals surface area (Å²) in [6, 6.07) is 16.9. The molecular formula is C23H16BrF2N3O5. The highest BCUT2D eigenvalue weighted by Gasteiger charge is 2.45. The van der Waals surface area contributed by atoms with Crippen LogP contribution in [0, 0.1) is 21.7 Å². The van der Waals surface area contributed by atoms with Gasteiger partial charge in [0, 0.05) is 10.5 Å². The van der Waals surface area contributed by atoms with E-state index in [0.717, 1.165) is 15.5 Å². The minimum absolute atomic E-state index is 0.00134. The molecule has 0 aliphatic carbocycles. The Morgan fingerprint density at radius 1 is 1.12 bits per heavy atom. The molecule has 0 radical (unpaired) electrons. The van der Waals surface area contributed by atoms with Crippen molar-refractivity contribution in [3.8, 4) is 0 Å². The summed E-state index contributed by atoms with van der Waals surface area (Å²) in [7, 11) is 0. The molecule has 0 aromatic heterocycles. The van der Waals surface area contributed by atoms with Gasteiger partial charge in [-0.1, -0.05) is 58.4 Å². The molecule has 1 saturated heterocycles. The average Bonchev–Trinajstić information content (AvgIpc) is 3.14. The largest absolute Gasteiger partial charge is 0.305 e. The summed E-state index contributed by atoms with van der Waals surface area (Å²) in [6.07, 6.45) is -1.17. The van der Waals surface area contributed by atoms with Gasteiger partial charge in [-0.15, -0.1) is 0 Å². The Morgan fingerprint density at radius 2 is 1.85 bits per heavy atom. The third-order valence-corrected chi connectivity index (χ3v) is 5.66. The summed E-state index contributed by atoms with van der Waals surface area (Å²) in [5.41, 5.74) is -0.991. The number of hydrogen-bond acceptors (Lipinski definition) is 5. The molecule has 3 aromatic rings. The van der Waals surface area contributed by atoms with E-state index in [2.05, 4.69) is 15.9 Å². The molecule has 8 nitrogen and oxygen atoms in total. The average molecular weight is 532 g/mol. The summed E-state index contributed by atoms with van der Waals surface area (Å²) in [6.45, 7) is -0.551. The van der Waals surface area contributed by atoms with E-state index in [0.29, 0.717) is 22.2 Å². The van der Waals surface area contributed by atoms with Gasteiger partial charge >= 0.3 is 5.69 Å². The third-order valence-electron chi connectivity index (χ3n) is 5.17. The fraction of sp³-hybridized carbons (Fsp3) is 0.130. The van der Waals surface area contributed by atoms with E-state index in [4.69, 9.17) is 4.84 Å². The first-order valence-electron chi connectivity index (χ1n) is 9.95. The molecule has 0 saturated carbocycles. The smallest absolute Gasteiger partial charge is 0.302 e. The Kier molecular flexibility index (Phi) is 6.66. The third kappa shape index (κ3) is 4.52. The highest BCUT2D eigenvalue weighted by Crippen LogP contribution is 2.35. The molecule has 1 fully saturated rings. The van der Waals surface area contributed by atoms with Crippen LogP contribution in [0.15, 0.2) is 71.2 Å². The van der Waals surface area contributed by atoms with Crippen LogP contribution in [0.5, 0.6) is 0 Å². The molecule has 11 heteroatoms. The quantitative estimate of drug-likeness (QED) is 0.338. The molecule has 0 spiro atoms. The first-order valence-corrected chi connectivity index (χ1v) is 10.7. The van der Waals surface area contributed by atoms with E-state index in [1.165, 1.54) is 0 Å². The van der Waals surface area contributed by atoms with Gasteiger partial charge in [0.25, 0.3) is 11.8 Å². The minimum atomic E-state index is -1.61. The van der Waals surface area contributed by atoms with Crippen LogP contribution >= 0.6 is 15.9 Å². The predicted octanol–water partition coefficient (Wildman–Crippen LogP) is 4.75. The number of carbonyl (C=O) groups is 2. The van der Waals surface area contributed by atoms with Gasteiger partial charge in [-0.05, 0) is 29.3 Å². The maximum atomic E-state index is 14.8. The van der Waals surface area contributed by atoms with Crippen molar-refractivity contribution < 1.29 is 28.1 Å². The van der Waals surface area contributed by atoms with Crippen molar-refractivity contribution in [2.75, 3.05) is 6.54 Å². The second kappa shape index (κ2) is 9.65. The van der Waals surface area contributed by atoms with Gasteiger partial charge in [0.15, 0.2) is 6.17 Å². The predicted molar refractivity (Wildman–Crippen MR) is 119 cm³/mol. The number of amides is 2. The summed E-state index contributed by atoms with van der Waals surface area (Å²) in [5, 5.41) is 12.1. The van der Waals surface area contributed by atoms with Crippen LogP contribution in [0.4, 0.5) is 14.5 Å². The van der Waals surface area contributed by atoms with Crippen LogP contribution in [-0.4, -0.2) is 33.2 Å². The van der Waals surface area contributed by atoms with Gasteiger partial charge in [0.2, 0.25) is 5.82 Å². The van der Waals surface area contributed by atoms with Crippen LogP contribution in [-0.2, 0) is 16.2 Å². The SMILES string of the molecule is O=C(c1c(F)ccc([N+](=O)[O-])c1F)N1CC(=O)N(OCc2ccccc2)C1c1cccc(Br)c1. The van der Waals surface area contributed by atoms with Crippen LogP contribution in [0.25, 0.3) is 0 Å². The zero-order valence-electron chi connectivity index (χ0n) is 17.4. The molecular weight excluding hydrogens is 516 g/mol. The normalized spacial score (nSPS) is 15.6. The van der Waals surface area contributed by atoms with E-state index < -0.39 is 52.3 Å². The molecule has 2 amide bonds. The van der Waals surface area contributed by atoms with Gasteiger partial charge in [-0.2, -0.15) is 9.45 Å². The van der Waals surface area contributed by atoms with E-state index in [1.807, 2.05) is 6.07 Å². The summed E-state index contributed by atoms with van der Waals surface area (Å²) < 4.78 is 29.9.